The zero-order valence-corrected chi connectivity index (χ0v) is 12.0. The van der Waals surface area contributed by atoms with Crippen LogP contribution >= 0.6 is 23.2 Å². The van der Waals surface area contributed by atoms with Gasteiger partial charge in [0.2, 0.25) is 0 Å². The quantitative estimate of drug-likeness (QED) is 0.832. The lowest BCUT2D eigenvalue weighted by atomic mass is 10.2. The van der Waals surface area contributed by atoms with E-state index in [4.69, 9.17) is 23.2 Å². The number of carbonyl (C=O) groups is 2. The van der Waals surface area contributed by atoms with Gasteiger partial charge in [-0.05, 0) is 36.4 Å². The summed E-state index contributed by atoms with van der Waals surface area (Å²) in [7, 11) is 0. The minimum atomic E-state index is -0.814. The van der Waals surface area contributed by atoms with Crippen LogP contribution in [0.2, 0.25) is 10.0 Å². The summed E-state index contributed by atoms with van der Waals surface area (Å²) >= 11 is 11.4. The van der Waals surface area contributed by atoms with Gasteiger partial charge >= 0.3 is 0 Å². The van der Waals surface area contributed by atoms with Crippen LogP contribution in [0.4, 0.5) is 4.39 Å². The van der Waals surface area contributed by atoms with Crippen LogP contribution < -0.4 is 10.9 Å². The molecular formula is C14H9Cl2FN2O2. The van der Waals surface area contributed by atoms with Gasteiger partial charge in [0.15, 0.2) is 0 Å². The summed E-state index contributed by atoms with van der Waals surface area (Å²) in [4.78, 5) is 23.6. The van der Waals surface area contributed by atoms with Crippen molar-refractivity contribution in [2.75, 3.05) is 0 Å². The van der Waals surface area contributed by atoms with Gasteiger partial charge in [0.05, 0.1) is 5.56 Å². The number of hydrogen-bond acceptors (Lipinski definition) is 2. The molecule has 0 saturated carbocycles. The normalized spacial score (nSPS) is 10.0. The predicted octanol–water partition coefficient (Wildman–Crippen LogP) is 3.21. The van der Waals surface area contributed by atoms with Crippen LogP contribution in [0.3, 0.4) is 0 Å². The van der Waals surface area contributed by atoms with Crippen molar-refractivity contribution in [3.63, 3.8) is 0 Å². The summed E-state index contributed by atoms with van der Waals surface area (Å²) < 4.78 is 13.5. The van der Waals surface area contributed by atoms with E-state index >= 15 is 0 Å². The van der Waals surface area contributed by atoms with Gasteiger partial charge in [-0.2, -0.15) is 0 Å². The van der Waals surface area contributed by atoms with E-state index < -0.39 is 17.6 Å². The number of rotatable bonds is 2. The molecule has 0 aromatic heterocycles. The first-order valence-electron chi connectivity index (χ1n) is 5.78. The summed E-state index contributed by atoms with van der Waals surface area (Å²) in [6.07, 6.45) is 0. The average Bonchev–Trinajstić information content (AvgIpc) is 2.47. The first-order valence-corrected chi connectivity index (χ1v) is 6.54. The topological polar surface area (TPSA) is 58.2 Å². The SMILES string of the molecule is O=C(NNC(=O)c1cc(Cl)ccc1F)c1cccc(Cl)c1. The van der Waals surface area contributed by atoms with Crippen molar-refractivity contribution >= 4 is 35.0 Å². The number of carbonyl (C=O) groups excluding carboxylic acids is 2. The molecule has 0 fully saturated rings. The second-order valence-corrected chi connectivity index (χ2v) is 4.92. The maximum atomic E-state index is 13.5. The standard InChI is InChI=1S/C14H9Cl2FN2O2/c15-9-3-1-2-8(6-9)13(20)18-19-14(21)11-7-10(16)4-5-12(11)17/h1-7H,(H,18,20)(H,19,21). The van der Waals surface area contributed by atoms with E-state index in [2.05, 4.69) is 10.9 Å². The Morgan fingerprint density at radius 2 is 1.57 bits per heavy atom. The summed E-state index contributed by atoms with van der Waals surface area (Å²) in [5.41, 5.74) is 4.26. The highest BCUT2D eigenvalue weighted by molar-refractivity contribution is 6.31. The van der Waals surface area contributed by atoms with Crippen LogP contribution in [0.15, 0.2) is 42.5 Å². The van der Waals surface area contributed by atoms with Crippen molar-refractivity contribution in [3.05, 3.63) is 69.5 Å². The molecule has 4 nitrogen and oxygen atoms in total. The fraction of sp³-hybridized carbons (Fsp3) is 0. The lowest BCUT2D eigenvalue weighted by Crippen LogP contribution is -2.41. The molecule has 0 aliphatic carbocycles. The molecule has 0 aliphatic heterocycles. The zero-order chi connectivity index (χ0) is 15.4. The lowest BCUT2D eigenvalue weighted by molar-refractivity contribution is 0.0844. The van der Waals surface area contributed by atoms with E-state index in [1.165, 1.54) is 18.2 Å². The smallest absolute Gasteiger partial charge is 0.267 e. The van der Waals surface area contributed by atoms with Crippen molar-refractivity contribution in [2.45, 2.75) is 0 Å². The van der Waals surface area contributed by atoms with Crippen LogP contribution in [0.5, 0.6) is 0 Å². The van der Waals surface area contributed by atoms with E-state index in [1.54, 1.807) is 12.1 Å². The predicted molar refractivity (Wildman–Crippen MR) is 77.8 cm³/mol. The minimum Gasteiger partial charge on any atom is -0.267 e. The van der Waals surface area contributed by atoms with Crippen molar-refractivity contribution in [3.8, 4) is 0 Å². The van der Waals surface area contributed by atoms with Gasteiger partial charge in [0.25, 0.3) is 11.8 Å². The van der Waals surface area contributed by atoms with Crippen LogP contribution in [-0.2, 0) is 0 Å². The van der Waals surface area contributed by atoms with E-state index in [1.807, 2.05) is 0 Å². The van der Waals surface area contributed by atoms with Gasteiger partial charge in [-0.1, -0.05) is 29.3 Å². The van der Waals surface area contributed by atoms with Crippen molar-refractivity contribution < 1.29 is 14.0 Å². The molecule has 2 N–H and O–H groups in total. The van der Waals surface area contributed by atoms with Crippen LogP contribution in [0, 0.1) is 5.82 Å². The fourth-order valence-corrected chi connectivity index (χ4v) is 1.92. The van der Waals surface area contributed by atoms with Gasteiger partial charge < -0.3 is 0 Å². The lowest BCUT2D eigenvalue weighted by Gasteiger charge is -2.08. The maximum Gasteiger partial charge on any atom is 0.272 e. The first-order chi connectivity index (χ1) is 9.97. The Bertz CT molecular complexity index is 707. The van der Waals surface area contributed by atoms with Gasteiger partial charge in [0.1, 0.15) is 5.82 Å². The fourth-order valence-electron chi connectivity index (χ4n) is 1.55. The number of amides is 2. The van der Waals surface area contributed by atoms with E-state index in [0.29, 0.717) is 5.02 Å². The van der Waals surface area contributed by atoms with Gasteiger partial charge in [0, 0.05) is 15.6 Å². The minimum absolute atomic E-state index is 0.211. The first kappa shape index (κ1) is 15.3. The van der Waals surface area contributed by atoms with Crippen LogP contribution in [-0.4, -0.2) is 11.8 Å². The van der Waals surface area contributed by atoms with Crippen LogP contribution in [0.25, 0.3) is 0 Å². The molecule has 2 aromatic rings. The Balaban J connectivity index is 2.04. The maximum absolute atomic E-state index is 13.5. The van der Waals surface area contributed by atoms with Crippen molar-refractivity contribution in [1.82, 2.24) is 10.9 Å². The molecule has 0 bridgehead atoms. The molecule has 0 saturated heterocycles. The Labute approximate surface area is 129 Å². The average molecular weight is 327 g/mol. The Hall–Kier alpha value is -2.11. The molecule has 0 radical (unpaired) electrons. The molecule has 108 valence electrons. The molecule has 2 aromatic carbocycles. The highest BCUT2D eigenvalue weighted by atomic mass is 35.5. The number of halogens is 3. The molecule has 21 heavy (non-hydrogen) atoms. The largest absolute Gasteiger partial charge is 0.272 e. The highest BCUT2D eigenvalue weighted by Gasteiger charge is 2.13. The monoisotopic (exact) mass is 326 g/mol. The molecular weight excluding hydrogens is 318 g/mol. The Morgan fingerprint density at radius 1 is 0.905 bits per heavy atom. The summed E-state index contributed by atoms with van der Waals surface area (Å²) in [5.74, 6) is -2.13. The molecule has 0 aliphatic rings. The van der Waals surface area contributed by atoms with E-state index in [0.717, 1.165) is 12.1 Å². The zero-order valence-electron chi connectivity index (χ0n) is 10.5. The number of hydrazine groups is 1. The van der Waals surface area contributed by atoms with E-state index in [9.17, 15) is 14.0 Å². The Kier molecular flexibility index (Phi) is 4.77. The second kappa shape index (κ2) is 6.56. The van der Waals surface area contributed by atoms with Crippen molar-refractivity contribution in [2.24, 2.45) is 0 Å². The van der Waals surface area contributed by atoms with Gasteiger partial charge in [-0.3, -0.25) is 20.4 Å². The van der Waals surface area contributed by atoms with E-state index in [-0.39, 0.29) is 16.1 Å². The highest BCUT2D eigenvalue weighted by Crippen LogP contribution is 2.14. The third-order valence-electron chi connectivity index (χ3n) is 2.55. The third kappa shape index (κ3) is 3.93. The third-order valence-corrected chi connectivity index (χ3v) is 3.02. The molecule has 2 amide bonds. The number of hydrogen-bond donors (Lipinski definition) is 2. The molecule has 0 heterocycles. The Morgan fingerprint density at radius 3 is 2.29 bits per heavy atom. The summed E-state index contributed by atoms with van der Waals surface area (Å²) in [6.45, 7) is 0. The molecule has 0 atom stereocenters. The molecule has 7 heteroatoms. The molecule has 0 spiro atoms. The van der Waals surface area contributed by atoms with Crippen molar-refractivity contribution in [1.29, 1.82) is 0 Å². The number of benzene rings is 2. The molecule has 2 rings (SSSR count). The summed E-state index contributed by atoms with van der Waals surface area (Å²) in [6, 6.07) is 9.70. The second-order valence-electron chi connectivity index (χ2n) is 4.04. The molecule has 0 unspecified atom stereocenters. The van der Waals surface area contributed by atoms with Gasteiger partial charge in [-0.25, -0.2) is 4.39 Å². The number of nitrogens with one attached hydrogen (secondary N) is 2. The summed E-state index contributed by atoms with van der Waals surface area (Å²) in [5, 5.41) is 0.595. The van der Waals surface area contributed by atoms with Crippen LogP contribution in [0.1, 0.15) is 20.7 Å². The van der Waals surface area contributed by atoms with Gasteiger partial charge in [-0.15, -0.1) is 0 Å².